The third-order valence-electron chi connectivity index (χ3n) is 1.27. The molecule has 0 rings (SSSR count). The van der Waals surface area contributed by atoms with Crippen LogP contribution in [0, 0.1) is 0 Å². The third kappa shape index (κ3) is 5.72. The van der Waals surface area contributed by atoms with E-state index >= 15 is 0 Å². The highest BCUT2D eigenvalue weighted by atomic mass is 16.4. The van der Waals surface area contributed by atoms with Crippen molar-refractivity contribution in [3.8, 4) is 0 Å². The minimum atomic E-state index is -1.06. The van der Waals surface area contributed by atoms with Crippen LogP contribution in [0.15, 0.2) is 12.2 Å². The summed E-state index contributed by atoms with van der Waals surface area (Å²) in [6.07, 6.45) is 0. The molecule has 13 heavy (non-hydrogen) atoms. The highest BCUT2D eigenvalue weighted by Gasteiger charge is 2.12. The molecule has 0 aliphatic heterocycles. The van der Waals surface area contributed by atoms with Crippen LogP contribution in [0.4, 0.5) is 4.79 Å². The van der Waals surface area contributed by atoms with E-state index in [1.54, 1.807) is 6.92 Å². The summed E-state index contributed by atoms with van der Waals surface area (Å²) >= 11 is 0. The van der Waals surface area contributed by atoms with Crippen LogP contribution in [-0.2, 0) is 4.79 Å². The molecule has 5 nitrogen and oxygen atoms in total. The minimum Gasteiger partial charge on any atom is -0.480 e. The molecule has 0 aliphatic rings. The van der Waals surface area contributed by atoms with Crippen LogP contribution < -0.4 is 10.6 Å². The van der Waals surface area contributed by atoms with Crippen LogP contribution in [0.5, 0.6) is 0 Å². The number of carbonyl (C=O) groups is 2. The molecular weight excluding hydrogens is 172 g/mol. The second-order valence-electron chi connectivity index (χ2n) is 2.84. The molecule has 0 heterocycles. The normalized spacial score (nSPS) is 11.5. The number of hydrogen-bond acceptors (Lipinski definition) is 2. The first-order valence-electron chi connectivity index (χ1n) is 3.85. The number of nitrogens with one attached hydrogen (secondary N) is 2. The minimum absolute atomic E-state index is 0.345. The molecule has 0 spiro atoms. The highest BCUT2D eigenvalue weighted by molar-refractivity contribution is 5.82. The first-order valence-corrected chi connectivity index (χ1v) is 3.85. The van der Waals surface area contributed by atoms with Gasteiger partial charge in [-0.25, -0.2) is 4.79 Å². The van der Waals surface area contributed by atoms with Gasteiger partial charge in [0.15, 0.2) is 0 Å². The smallest absolute Gasteiger partial charge is 0.325 e. The van der Waals surface area contributed by atoms with E-state index in [4.69, 9.17) is 5.11 Å². The Morgan fingerprint density at radius 2 is 2.08 bits per heavy atom. The second kappa shape index (κ2) is 5.18. The summed E-state index contributed by atoms with van der Waals surface area (Å²) in [5.41, 5.74) is 0.804. The summed E-state index contributed by atoms with van der Waals surface area (Å²) < 4.78 is 0. The standard InChI is InChI=1S/C8H14N2O3/c1-5(2)4-9-8(13)10-6(3)7(11)12/h6H,1,4H2,2-3H3,(H,11,12)(H2,9,10,13)/t6-/m1/s1. The predicted octanol–water partition coefficient (Wildman–Crippen LogP) is 0.335. The van der Waals surface area contributed by atoms with Gasteiger partial charge in [0.1, 0.15) is 6.04 Å². The van der Waals surface area contributed by atoms with Gasteiger partial charge in [-0.2, -0.15) is 0 Å². The molecule has 74 valence electrons. The fourth-order valence-electron chi connectivity index (χ4n) is 0.541. The summed E-state index contributed by atoms with van der Waals surface area (Å²) in [4.78, 5) is 21.2. The number of rotatable bonds is 4. The van der Waals surface area contributed by atoms with Crippen LogP contribution in [0.3, 0.4) is 0 Å². The van der Waals surface area contributed by atoms with Gasteiger partial charge in [-0.15, -0.1) is 0 Å². The van der Waals surface area contributed by atoms with Gasteiger partial charge in [-0.3, -0.25) is 4.79 Å². The Hall–Kier alpha value is -1.52. The van der Waals surface area contributed by atoms with Gasteiger partial charge >= 0.3 is 12.0 Å². The summed E-state index contributed by atoms with van der Waals surface area (Å²) in [6, 6.07) is -1.39. The van der Waals surface area contributed by atoms with E-state index in [1.807, 2.05) is 0 Å². The van der Waals surface area contributed by atoms with E-state index in [2.05, 4.69) is 17.2 Å². The van der Waals surface area contributed by atoms with Crippen LogP contribution in [0.1, 0.15) is 13.8 Å². The Kier molecular flexibility index (Phi) is 4.58. The third-order valence-corrected chi connectivity index (χ3v) is 1.27. The van der Waals surface area contributed by atoms with E-state index in [0.29, 0.717) is 6.54 Å². The fourth-order valence-corrected chi connectivity index (χ4v) is 0.541. The summed E-state index contributed by atoms with van der Waals surface area (Å²) in [6.45, 7) is 7.08. The van der Waals surface area contributed by atoms with Crippen molar-refractivity contribution >= 4 is 12.0 Å². The lowest BCUT2D eigenvalue weighted by atomic mass is 10.3. The first-order chi connectivity index (χ1) is 5.93. The molecular formula is C8H14N2O3. The first kappa shape index (κ1) is 11.5. The fraction of sp³-hybridized carbons (Fsp3) is 0.500. The average Bonchev–Trinajstić information content (AvgIpc) is 2.00. The Morgan fingerprint density at radius 1 is 1.54 bits per heavy atom. The van der Waals surface area contributed by atoms with Gasteiger partial charge < -0.3 is 15.7 Å². The van der Waals surface area contributed by atoms with Gasteiger partial charge in [0, 0.05) is 6.54 Å². The van der Waals surface area contributed by atoms with Gasteiger partial charge in [0.2, 0.25) is 0 Å². The molecule has 5 heteroatoms. The SMILES string of the molecule is C=C(C)CNC(=O)N[C@H](C)C(=O)O. The Morgan fingerprint density at radius 3 is 2.46 bits per heavy atom. The molecule has 0 fully saturated rings. The molecule has 0 unspecified atom stereocenters. The molecule has 0 saturated carbocycles. The van der Waals surface area contributed by atoms with Crippen molar-refractivity contribution in [2.75, 3.05) is 6.54 Å². The molecule has 0 aromatic rings. The number of amides is 2. The molecule has 2 amide bonds. The molecule has 0 aromatic carbocycles. The number of hydrogen-bond donors (Lipinski definition) is 3. The second-order valence-corrected chi connectivity index (χ2v) is 2.84. The lowest BCUT2D eigenvalue weighted by Crippen LogP contribution is -2.44. The van der Waals surface area contributed by atoms with Crippen molar-refractivity contribution in [1.82, 2.24) is 10.6 Å². The molecule has 3 N–H and O–H groups in total. The zero-order valence-electron chi connectivity index (χ0n) is 7.76. The van der Waals surface area contributed by atoms with E-state index < -0.39 is 18.0 Å². The van der Waals surface area contributed by atoms with E-state index in [-0.39, 0.29) is 0 Å². The molecule has 1 atom stereocenters. The van der Waals surface area contributed by atoms with Crippen molar-refractivity contribution in [2.45, 2.75) is 19.9 Å². The van der Waals surface area contributed by atoms with E-state index in [1.165, 1.54) is 6.92 Å². The van der Waals surface area contributed by atoms with Crippen molar-refractivity contribution < 1.29 is 14.7 Å². The Bertz CT molecular complexity index is 225. The molecule has 0 radical (unpaired) electrons. The maximum atomic E-state index is 10.9. The molecule has 0 aliphatic carbocycles. The molecule has 0 saturated heterocycles. The summed E-state index contributed by atoms with van der Waals surface area (Å²) in [7, 11) is 0. The van der Waals surface area contributed by atoms with E-state index in [0.717, 1.165) is 5.57 Å². The monoisotopic (exact) mass is 186 g/mol. The number of carboxylic acids is 1. The lowest BCUT2D eigenvalue weighted by molar-refractivity contribution is -0.138. The lowest BCUT2D eigenvalue weighted by Gasteiger charge is -2.10. The van der Waals surface area contributed by atoms with E-state index in [9.17, 15) is 9.59 Å². The van der Waals surface area contributed by atoms with Crippen LogP contribution in [0.2, 0.25) is 0 Å². The van der Waals surface area contributed by atoms with Crippen molar-refractivity contribution in [2.24, 2.45) is 0 Å². The van der Waals surface area contributed by atoms with Gasteiger partial charge in [0.25, 0.3) is 0 Å². The summed E-state index contributed by atoms with van der Waals surface area (Å²) in [5, 5.41) is 13.1. The Labute approximate surface area is 76.8 Å². The largest absolute Gasteiger partial charge is 0.480 e. The quantitative estimate of drug-likeness (QED) is 0.554. The van der Waals surface area contributed by atoms with Gasteiger partial charge in [-0.05, 0) is 13.8 Å². The summed E-state index contributed by atoms with van der Waals surface area (Å²) in [5.74, 6) is -1.06. The predicted molar refractivity (Wildman–Crippen MR) is 48.4 cm³/mol. The van der Waals surface area contributed by atoms with Crippen molar-refractivity contribution in [1.29, 1.82) is 0 Å². The maximum Gasteiger partial charge on any atom is 0.325 e. The molecule has 0 bridgehead atoms. The van der Waals surface area contributed by atoms with Crippen LogP contribution >= 0.6 is 0 Å². The highest BCUT2D eigenvalue weighted by Crippen LogP contribution is 1.83. The van der Waals surface area contributed by atoms with Gasteiger partial charge in [0.05, 0.1) is 0 Å². The number of aliphatic carboxylic acids is 1. The zero-order valence-corrected chi connectivity index (χ0v) is 7.76. The molecule has 0 aromatic heterocycles. The number of urea groups is 1. The zero-order chi connectivity index (χ0) is 10.4. The van der Waals surface area contributed by atoms with Crippen LogP contribution in [-0.4, -0.2) is 29.7 Å². The Balaban J connectivity index is 3.74. The van der Waals surface area contributed by atoms with Crippen molar-refractivity contribution in [3.05, 3.63) is 12.2 Å². The number of carbonyl (C=O) groups excluding carboxylic acids is 1. The number of carboxylic acid groups (broad SMARTS) is 1. The van der Waals surface area contributed by atoms with Crippen molar-refractivity contribution in [3.63, 3.8) is 0 Å². The average molecular weight is 186 g/mol. The topological polar surface area (TPSA) is 78.4 Å². The van der Waals surface area contributed by atoms with Gasteiger partial charge in [-0.1, -0.05) is 12.2 Å². The maximum absolute atomic E-state index is 10.9. The van der Waals surface area contributed by atoms with Crippen LogP contribution in [0.25, 0.3) is 0 Å².